The van der Waals surface area contributed by atoms with Crippen LogP contribution in [0, 0.1) is 0 Å². The smallest absolute Gasteiger partial charge is 0.414 e. The number of anilines is 2. The summed E-state index contributed by atoms with van der Waals surface area (Å²) in [6.07, 6.45) is 0.328. The molecule has 4 rings (SSSR count). The standard InChI is InChI=1S/C20H17N3O3S/c24-19(17-13-27-18(22-17)11-14-5-2-1-3-6-14)21-15-7-4-8-16(12-15)23-9-10-26-20(23)25/h1-8,12-13H,9-11H2,(H,21,24). The lowest BCUT2D eigenvalue weighted by Gasteiger charge is -2.14. The number of hydrogen-bond donors (Lipinski definition) is 1. The monoisotopic (exact) mass is 379 g/mol. The Balaban J connectivity index is 1.44. The lowest BCUT2D eigenvalue weighted by atomic mass is 10.2. The minimum absolute atomic E-state index is 0.272. The van der Waals surface area contributed by atoms with Crippen LogP contribution in [-0.2, 0) is 11.2 Å². The van der Waals surface area contributed by atoms with E-state index in [9.17, 15) is 9.59 Å². The van der Waals surface area contributed by atoms with Crippen molar-refractivity contribution in [3.63, 3.8) is 0 Å². The third-order valence-corrected chi connectivity index (χ3v) is 5.01. The maximum Gasteiger partial charge on any atom is 0.414 e. The van der Waals surface area contributed by atoms with Crippen molar-refractivity contribution in [3.8, 4) is 0 Å². The molecule has 1 N–H and O–H groups in total. The summed E-state index contributed by atoms with van der Waals surface area (Å²) in [5, 5.41) is 5.49. The molecule has 0 saturated carbocycles. The fourth-order valence-corrected chi connectivity index (χ4v) is 3.65. The van der Waals surface area contributed by atoms with E-state index in [-0.39, 0.29) is 12.0 Å². The van der Waals surface area contributed by atoms with Gasteiger partial charge in [-0.25, -0.2) is 9.78 Å². The van der Waals surface area contributed by atoms with Gasteiger partial charge in [0.2, 0.25) is 0 Å². The average molecular weight is 379 g/mol. The molecule has 1 fully saturated rings. The molecule has 0 radical (unpaired) electrons. The number of aromatic nitrogens is 1. The van der Waals surface area contributed by atoms with E-state index in [4.69, 9.17) is 4.74 Å². The molecule has 2 heterocycles. The lowest BCUT2D eigenvalue weighted by Crippen LogP contribution is -2.23. The van der Waals surface area contributed by atoms with Crippen molar-refractivity contribution in [1.29, 1.82) is 0 Å². The molecule has 2 amide bonds. The van der Waals surface area contributed by atoms with Crippen molar-refractivity contribution in [2.24, 2.45) is 0 Å². The van der Waals surface area contributed by atoms with Crippen molar-refractivity contribution in [3.05, 3.63) is 76.2 Å². The molecule has 1 aromatic heterocycles. The van der Waals surface area contributed by atoms with Gasteiger partial charge in [-0.2, -0.15) is 0 Å². The van der Waals surface area contributed by atoms with Gasteiger partial charge in [0.25, 0.3) is 5.91 Å². The number of nitrogens with zero attached hydrogens (tertiary/aromatic N) is 2. The van der Waals surface area contributed by atoms with E-state index in [1.54, 1.807) is 23.6 Å². The summed E-state index contributed by atoms with van der Waals surface area (Å²) in [5.41, 5.74) is 2.84. The van der Waals surface area contributed by atoms with Crippen LogP contribution in [0.25, 0.3) is 0 Å². The van der Waals surface area contributed by atoms with Crippen molar-refractivity contribution >= 4 is 34.7 Å². The highest BCUT2D eigenvalue weighted by Crippen LogP contribution is 2.23. The van der Waals surface area contributed by atoms with Crippen molar-refractivity contribution < 1.29 is 14.3 Å². The number of carbonyl (C=O) groups is 2. The van der Waals surface area contributed by atoms with E-state index in [0.29, 0.717) is 36.6 Å². The fourth-order valence-electron chi connectivity index (χ4n) is 2.84. The Morgan fingerprint density at radius 1 is 1.19 bits per heavy atom. The number of amides is 2. The first-order valence-corrected chi connectivity index (χ1v) is 9.41. The second-order valence-corrected chi connectivity index (χ2v) is 7.00. The van der Waals surface area contributed by atoms with Gasteiger partial charge >= 0.3 is 6.09 Å². The van der Waals surface area contributed by atoms with E-state index < -0.39 is 0 Å². The highest BCUT2D eigenvalue weighted by Gasteiger charge is 2.23. The third kappa shape index (κ3) is 3.98. The summed E-state index contributed by atoms with van der Waals surface area (Å²) < 4.78 is 4.95. The molecule has 6 nitrogen and oxygen atoms in total. The Labute approximate surface area is 160 Å². The lowest BCUT2D eigenvalue weighted by molar-refractivity contribution is 0.102. The Bertz CT molecular complexity index is 971. The normalized spacial score (nSPS) is 13.5. The molecule has 0 bridgehead atoms. The second-order valence-electron chi connectivity index (χ2n) is 6.06. The second kappa shape index (κ2) is 7.59. The van der Waals surface area contributed by atoms with Crippen LogP contribution in [0.1, 0.15) is 21.1 Å². The van der Waals surface area contributed by atoms with Gasteiger partial charge in [0.1, 0.15) is 12.3 Å². The van der Waals surface area contributed by atoms with Gasteiger partial charge in [-0.1, -0.05) is 36.4 Å². The van der Waals surface area contributed by atoms with Crippen LogP contribution in [0.3, 0.4) is 0 Å². The number of nitrogens with one attached hydrogen (secondary N) is 1. The largest absolute Gasteiger partial charge is 0.447 e. The van der Waals surface area contributed by atoms with Crippen LogP contribution in [-0.4, -0.2) is 30.1 Å². The van der Waals surface area contributed by atoms with E-state index >= 15 is 0 Å². The summed E-state index contributed by atoms with van der Waals surface area (Å²) in [6, 6.07) is 17.1. The molecule has 0 spiro atoms. The van der Waals surface area contributed by atoms with Gasteiger partial charge in [0.15, 0.2) is 0 Å². The van der Waals surface area contributed by atoms with Crippen molar-refractivity contribution in [1.82, 2.24) is 4.98 Å². The van der Waals surface area contributed by atoms with Crippen LogP contribution in [0.15, 0.2) is 60.0 Å². The zero-order chi connectivity index (χ0) is 18.6. The topological polar surface area (TPSA) is 71.5 Å². The average Bonchev–Trinajstić information content (AvgIpc) is 3.32. The molecule has 7 heteroatoms. The zero-order valence-corrected chi connectivity index (χ0v) is 15.2. The van der Waals surface area contributed by atoms with Gasteiger partial charge in [-0.05, 0) is 23.8 Å². The molecule has 1 aliphatic rings. The summed E-state index contributed by atoms with van der Waals surface area (Å²) in [5.74, 6) is -0.272. The van der Waals surface area contributed by atoms with Gasteiger partial charge in [-0.3, -0.25) is 9.69 Å². The van der Waals surface area contributed by atoms with Crippen LogP contribution in [0.4, 0.5) is 16.2 Å². The zero-order valence-electron chi connectivity index (χ0n) is 14.4. The number of benzene rings is 2. The minimum atomic E-state index is -0.372. The molecule has 1 aliphatic heterocycles. The Morgan fingerprint density at radius 2 is 2.04 bits per heavy atom. The van der Waals surface area contributed by atoms with Crippen LogP contribution >= 0.6 is 11.3 Å². The highest BCUT2D eigenvalue weighted by atomic mass is 32.1. The Kier molecular flexibility index (Phi) is 4.84. The quantitative estimate of drug-likeness (QED) is 0.729. The number of ether oxygens (including phenoxy) is 1. The molecule has 136 valence electrons. The molecule has 2 aromatic carbocycles. The van der Waals surface area contributed by atoms with Gasteiger partial charge in [0.05, 0.1) is 11.6 Å². The summed E-state index contributed by atoms with van der Waals surface area (Å²) in [4.78, 5) is 30.2. The molecule has 1 saturated heterocycles. The van der Waals surface area contributed by atoms with Gasteiger partial charge in [-0.15, -0.1) is 11.3 Å². The number of carbonyl (C=O) groups excluding carboxylic acids is 2. The predicted octanol–water partition coefficient (Wildman–Crippen LogP) is 3.94. The fraction of sp³-hybridized carbons (Fsp3) is 0.150. The highest BCUT2D eigenvalue weighted by molar-refractivity contribution is 7.09. The maximum absolute atomic E-state index is 12.5. The number of rotatable bonds is 5. The molecular weight excluding hydrogens is 362 g/mol. The predicted molar refractivity (Wildman–Crippen MR) is 104 cm³/mol. The van der Waals surface area contributed by atoms with Crippen LogP contribution in [0.2, 0.25) is 0 Å². The van der Waals surface area contributed by atoms with Gasteiger partial charge in [0, 0.05) is 23.2 Å². The molecular formula is C20H17N3O3S. The first-order chi connectivity index (χ1) is 13.2. The van der Waals surface area contributed by atoms with Crippen molar-refractivity contribution in [2.45, 2.75) is 6.42 Å². The van der Waals surface area contributed by atoms with E-state index in [0.717, 1.165) is 10.6 Å². The third-order valence-electron chi connectivity index (χ3n) is 4.16. The first-order valence-electron chi connectivity index (χ1n) is 8.53. The number of hydrogen-bond acceptors (Lipinski definition) is 5. The van der Waals surface area contributed by atoms with Crippen LogP contribution < -0.4 is 10.2 Å². The molecule has 0 unspecified atom stereocenters. The maximum atomic E-state index is 12.5. The summed E-state index contributed by atoms with van der Waals surface area (Å²) in [7, 11) is 0. The molecule has 27 heavy (non-hydrogen) atoms. The summed E-state index contributed by atoms with van der Waals surface area (Å²) in [6.45, 7) is 0.879. The number of cyclic esters (lactones) is 1. The van der Waals surface area contributed by atoms with Crippen LogP contribution in [0.5, 0.6) is 0 Å². The summed E-state index contributed by atoms with van der Waals surface area (Å²) >= 11 is 1.47. The SMILES string of the molecule is O=C(Nc1cccc(N2CCOC2=O)c1)c1csc(Cc2ccccc2)n1. The van der Waals surface area contributed by atoms with Gasteiger partial charge < -0.3 is 10.1 Å². The Hall–Kier alpha value is -3.19. The van der Waals surface area contributed by atoms with E-state index in [1.165, 1.54) is 16.2 Å². The van der Waals surface area contributed by atoms with Crippen molar-refractivity contribution in [2.75, 3.05) is 23.4 Å². The Morgan fingerprint density at radius 3 is 2.81 bits per heavy atom. The first kappa shape index (κ1) is 17.2. The number of thiazole rings is 1. The molecule has 0 aliphatic carbocycles. The minimum Gasteiger partial charge on any atom is -0.447 e. The van der Waals surface area contributed by atoms with E-state index in [1.807, 2.05) is 36.4 Å². The molecule has 0 atom stereocenters. The molecule has 3 aromatic rings. The van der Waals surface area contributed by atoms with E-state index in [2.05, 4.69) is 10.3 Å².